The number of benzene rings is 3. The third-order valence-electron chi connectivity index (χ3n) is 5.24. The van der Waals surface area contributed by atoms with Gasteiger partial charge in [0, 0.05) is 0 Å². The molecule has 0 nitrogen and oxygen atoms in total. The van der Waals surface area contributed by atoms with Crippen LogP contribution >= 0.6 is 45.9 Å². The van der Waals surface area contributed by atoms with E-state index >= 15 is 0 Å². The van der Waals surface area contributed by atoms with Gasteiger partial charge in [-0.25, -0.2) is 0 Å². The van der Waals surface area contributed by atoms with E-state index in [4.69, 9.17) is 0 Å². The fourth-order valence-electron chi connectivity index (χ4n) is 4.48. The van der Waals surface area contributed by atoms with Gasteiger partial charge in [-0.2, -0.15) is 0 Å². The lowest BCUT2D eigenvalue weighted by Crippen LogP contribution is -2.33. The Morgan fingerprint density at radius 1 is 0.571 bits per heavy atom. The van der Waals surface area contributed by atoms with Gasteiger partial charge in [0.2, 0.25) is 0 Å². The van der Waals surface area contributed by atoms with Crippen LogP contribution in [0.2, 0.25) is 0 Å². The summed E-state index contributed by atoms with van der Waals surface area (Å²) in [6.45, 7) is 13.2. The average molecular weight is 581 g/mol. The minimum Gasteiger partial charge on any atom is -0.0910 e. The molecule has 0 spiro atoms. The largest absolute Gasteiger partial charge is 0.298 e. The molecule has 0 aliphatic carbocycles. The highest BCUT2D eigenvalue weighted by atomic mass is 80.0. The molecule has 0 bridgehead atoms. The molecule has 0 radical (unpaired) electrons. The molecule has 0 heterocycles. The highest BCUT2D eigenvalue weighted by Gasteiger charge is 2.33. The molecule has 28 heavy (non-hydrogen) atoms. The Labute approximate surface area is 193 Å². The molecule has 0 fully saturated rings. The fraction of sp³-hybridized carbons (Fsp3) is 0.250. The van der Waals surface area contributed by atoms with Gasteiger partial charge in [-0.05, 0) is 91.2 Å². The van der Waals surface area contributed by atoms with Crippen molar-refractivity contribution in [3.63, 3.8) is 0 Å². The number of hydrogen-bond acceptors (Lipinski definition) is 0. The Morgan fingerprint density at radius 2 is 0.893 bits per heavy atom. The quantitative estimate of drug-likeness (QED) is 0.216. The molecule has 0 amide bonds. The molecule has 0 aromatic heterocycles. The van der Waals surface area contributed by atoms with Crippen molar-refractivity contribution in [2.75, 3.05) is 0 Å². The lowest BCUT2D eigenvalue weighted by Gasteiger charge is -2.25. The van der Waals surface area contributed by atoms with E-state index in [1.54, 1.807) is 0 Å². The summed E-state index contributed by atoms with van der Waals surface area (Å²) in [4.78, 5) is 0. The van der Waals surface area contributed by atoms with E-state index in [0.29, 0.717) is 0 Å². The molecule has 146 valence electrons. The van der Waals surface area contributed by atoms with E-state index in [2.05, 4.69) is 130 Å². The van der Waals surface area contributed by atoms with Crippen molar-refractivity contribution < 1.29 is 0 Å². The second-order valence-electron chi connectivity index (χ2n) is 7.77. The molecule has 0 saturated heterocycles. The first kappa shape index (κ1) is 22.0. The van der Waals surface area contributed by atoms with Crippen LogP contribution in [-0.2, 0) is 0 Å². The molecule has 3 aromatic rings. The van der Waals surface area contributed by atoms with Crippen LogP contribution in [-0.4, -0.2) is 3.93 Å². The SMILES string of the molecule is Cc1cc(C)c(-c2cccc(-c3c(C)cc(C)cc3C)c2[Si](Br)(Br)Br)c(C)c1. The molecule has 0 unspecified atom stereocenters. The van der Waals surface area contributed by atoms with Gasteiger partial charge < -0.3 is 0 Å². The zero-order chi connectivity index (χ0) is 20.8. The van der Waals surface area contributed by atoms with Crippen molar-refractivity contribution in [3.05, 3.63) is 75.8 Å². The molecular weight excluding hydrogens is 556 g/mol. The molecule has 0 aliphatic rings. The van der Waals surface area contributed by atoms with Crippen LogP contribution in [0.15, 0.2) is 42.5 Å². The van der Waals surface area contributed by atoms with Gasteiger partial charge in [-0.1, -0.05) is 99.5 Å². The Kier molecular flexibility index (Phi) is 6.46. The standard InChI is InChI=1S/C24H25Br3Si/c1-14-10-16(3)22(17(4)11-14)20-8-7-9-21(24(20)28(25,26)27)23-18(5)12-15(2)13-19(23)6/h7-13H,1-6H3. The molecule has 0 aliphatic heterocycles. The van der Waals surface area contributed by atoms with Crippen molar-refractivity contribution in [3.8, 4) is 22.3 Å². The maximum absolute atomic E-state index is 3.98. The molecule has 3 rings (SSSR count). The van der Waals surface area contributed by atoms with E-state index in [0.717, 1.165) is 0 Å². The van der Waals surface area contributed by atoms with E-state index in [1.165, 1.54) is 60.8 Å². The highest BCUT2D eigenvalue weighted by Crippen LogP contribution is 2.39. The molecule has 0 atom stereocenters. The smallest absolute Gasteiger partial charge is 0.0910 e. The zero-order valence-electron chi connectivity index (χ0n) is 17.2. The minimum absolute atomic E-state index is 1.30. The molecule has 0 saturated carbocycles. The third kappa shape index (κ3) is 4.25. The number of aryl methyl sites for hydroxylation is 6. The summed E-state index contributed by atoms with van der Waals surface area (Å²) < 4.78 is -2.17. The maximum Gasteiger partial charge on any atom is 0.298 e. The Bertz CT molecular complexity index is 940. The van der Waals surface area contributed by atoms with Crippen LogP contribution in [0.4, 0.5) is 0 Å². The monoisotopic (exact) mass is 578 g/mol. The summed E-state index contributed by atoms with van der Waals surface area (Å²) in [6.07, 6.45) is 0. The van der Waals surface area contributed by atoms with Crippen molar-refractivity contribution >= 4 is 55.0 Å². The maximum atomic E-state index is 3.98. The van der Waals surface area contributed by atoms with Gasteiger partial charge in [0.15, 0.2) is 0 Å². The normalized spacial score (nSPS) is 11.8. The van der Waals surface area contributed by atoms with Crippen molar-refractivity contribution in [2.45, 2.75) is 41.5 Å². The van der Waals surface area contributed by atoms with Gasteiger partial charge in [-0.15, -0.1) is 0 Å². The summed E-state index contributed by atoms with van der Waals surface area (Å²) in [5.41, 5.74) is 13.1. The van der Waals surface area contributed by atoms with Crippen molar-refractivity contribution in [1.29, 1.82) is 0 Å². The Hall–Kier alpha value is -0.683. The molecular formula is C24H25Br3Si. The predicted octanol–water partition coefficient (Wildman–Crippen LogP) is 8.20. The summed E-state index contributed by atoms with van der Waals surface area (Å²) in [5, 5.41) is 1.33. The summed E-state index contributed by atoms with van der Waals surface area (Å²) in [6, 6.07) is 15.8. The molecule has 3 aromatic carbocycles. The number of halogens is 3. The average Bonchev–Trinajstić information content (AvgIpc) is 2.51. The van der Waals surface area contributed by atoms with E-state index in [-0.39, 0.29) is 0 Å². The van der Waals surface area contributed by atoms with Gasteiger partial charge in [0.05, 0.1) is 0 Å². The van der Waals surface area contributed by atoms with Crippen LogP contribution in [0, 0.1) is 41.5 Å². The second-order valence-corrected chi connectivity index (χ2v) is 29.6. The lowest BCUT2D eigenvalue weighted by molar-refractivity contribution is 1.31. The summed E-state index contributed by atoms with van der Waals surface area (Å²) in [5.74, 6) is 0. The van der Waals surface area contributed by atoms with Gasteiger partial charge in [0.25, 0.3) is 3.93 Å². The fourth-order valence-corrected chi connectivity index (χ4v) is 9.36. The third-order valence-corrected chi connectivity index (χ3v) is 9.91. The Morgan fingerprint density at radius 3 is 1.18 bits per heavy atom. The first-order chi connectivity index (χ1) is 13.0. The van der Waals surface area contributed by atoms with E-state index in [9.17, 15) is 0 Å². The van der Waals surface area contributed by atoms with Crippen LogP contribution in [0.5, 0.6) is 0 Å². The summed E-state index contributed by atoms with van der Waals surface area (Å²) >= 11 is 11.9. The van der Waals surface area contributed by atoms with Crippen LogP contribution in [0.1, 0.15) is 33.4 Å². The van der Waals surface area contributed by atoms with E-state index in [1.807, 2.05) is 0 Å². The van der Waals surface area contributed by atoms with Crippen LogP contribution in [0.25, 0.3) is 22.3 Å². The topological polar surface area (TPSA) is 0 Å². The second kappa shape index (κ2) is 8.21. The first-order valence-corrected chi connectivity index (χ1v) is 18.1. The zero-order valence-corrected chi connectivity index (χ0v) is 22.9. The first-order valence-electron chi connectivity index (χ1n) is 9.37. The molecule has 4 heteroatoms. The van der Waals surface area contributed by atoms with Gasteiger partial charge >= 0.3 is 0 Å². The van der Waals surface area contributed by atoms with E-state index < -0.39 is 3.93 Å². The predicted molar refractivity (Wildman–Crippen MR) is 138 cm³/mol. The highest BCUT2D eigenvalue weighted by molar-refractivity contribution is 9.72. The van der Waals surface area contributed by atoms with Crippen molar-refractivity contribution in [1.82, 2.24) is 0 Å². The van der Waals surface area contributed by atoms with Crippen LogP contribution < -0.4 is 5.19 Å². The number of rotatable bonds is 3. The van der Waals surface area contributed by atoms with Crippen molar-refractivity contribution in [2.24, 2.45) is 0 Å². The Balaban J connectivity index is 2.43. The number of hydrogen-bond donors (Lipinski definition) is 0. The van der Waals surface area contributed by atoms with Crippen LogP contribution in [0.3, 0.4) is 0 Å². The van der Waals surface area contributed by atoms with Gasteiger partial charge in [-0.3, -0.25) is 0 Å². The minimum atomic E-state index is -2.17. The summed E-state index contributed by atoms with van der Waals surface area (Å²) in [7, 11) is 0. The molecule has 0 N–H and O–H groups in total. The lowest BCUT2D eigenvalue weighted by atomic mass is 9.89. The van der Waals surface area contributed by atoms with Gasteiger partial charge in [0.1, 0.15) is 0 Å².